The van der Waals surface area contributed by atoms with Gasteiger partial charge < -0.3 is 4.74 Å². The number of ether oxygens (including phenoxy) is 1. The highest BCUT2D eigenvalue weighted by Gasteiger charge is 2.37. The Balaban J connectivity index is 1.49. The molecule has 178 valence electrons. The minimum absolute atomic E-state index is 0.161. The number of para-hydroxylation sites is 1. The van der Waals surface area contributed by atoms with Crippen molar-refractivity contribution in [2.45, 2.75) is 13.5 Å². The van der Waals surface area contributed by atoms with E-state index in [9.17, 15) is 14.4 Å². The Labute approximate surface area is 216 Å². The number of rotatable bonds is 5. The summed E-state index contributed by atoms with van der Waals surface area (Å²) < 4.78 is 6.91. The van der Waals surface area contributed by atoms with E-state index in [2.05, 4.69) is 21.2 Å². The first-order chi connectivity index (χ1) is 17.4. The SMILES string of the molecule is Cc1ccccc1N1C(=O)NC(=O)/C(=C\c2cc(Br)ccc2OCc2cccc3ccccc23)C1=O. The molecule has 1 saturated heterocycles. The predicted molar refractivity (Wildman–Crippen MR) is 143 cm³/mol. The number of carbonyl (C=O) groups is 3. The zero-order valence-electron chi connectivity index (χ0n) is 19.3. The van der Waals surface area contributed by atoms with Crippen LogP contribution in [0.2, 0.25) is 0 Å². The molecular formula is C29H21BrN2O4. The summed E-state index contributed by atoms with van der Waals surface area (Å²) in [4.78, 5) is 39.6. The summed E-state index contributed by atoms with van der Waals surface area (Å²) in [5.74, 6) is -0.952. The molecular weight excluding hydrogens is 520 g/mol. The van der Waals surface area contributed by atoms with Gasteiger partial charge in [-0.05, 0) is 59.2 Å². The first kappa shape index (κ1) is 23.5. The lowest BCUT2D eigenvalue weighted by Gasteiger charge is -2.27. The van der Waals surface area contributed by atoms with E-state index in [1.807, 2.05) is 54.6 Å². The van der Waals surface area contributed by atoms with Crippen molar-refractivity contribution in [2.75, 3.05) is 4.90 Å². The van der Waals surface area contributed by atoms with Gasteiger partial charge in [0.15, 0.2) is 0 Å². The minimum Gasteiger partial charge on any atom is -0.488 e. The number of imide groups is 2. The Bertz CT molecular complexity index is 1550. The number of hydrogen-bond donors (Lipinski definition) is 1. The van der Waals surface area contributed by atoms with Gasteiger partial charge in [-0.2, -0.15) is 0 Å². The number of amides is 4. The van der Waals surface area contributed by atoms with Crippen LogP contribution in [0, 0.1) is 6.92 Å². The summed E-state index contributed by atoms with van der Waals surface area (Å²) in [6.07, 6.45) is 1.46. The van der Waals surface area contributed by atoms with E-state index in [1.54, 1.807) is 37.3 Å². The van der Waals surface area contributed by atoms with Crippen LogP contribution in [0.3, 0.4) is 0 Å². The fraction of sp³-hybridized carbons (Fsp3) is 0.0690. The molecule has 7 heteroatoms. The molecule has 1 fully saturated rings. The number of hydrogen-bond acceptors (Lipinski definition) is 4. The van der Waals surface area contributed by atoms with Gasteiger partial charge in [0.25, 0.3) is 11.8 Å². The third-order valence-electron chi connectivity index (χ3n) is 5.99. The van der Waals surface area contributed by atoms with Gasteiger partial charge in [-0.1, -0.05) is 76.6 Å². The van der Waals surface area contributed by atoms with Gasteiger partial charge >= 0.3 is 6.03 Å². The molecule has 0 bridgehead atoms. The molecule has 4 aromatic rings. The number of carbonyl (C=O) groups excluding carboxylic acids is 3. The van der Waals surface area contributed by atoms with Crippen molar-refractivity contribution in [2.24, 2.45) is 0 Å². The Morgan fingerprint density at radius 2 is 1.67 bits per heavy atom. The van der Waals surface area contributed by atoms with Crippen LogP contribution in [0.25, 0.3) is 16.8 Å². The maximum Gasteiger partial charge on any atom is 0.335 e. The van der Waals surface area contributed by atoms with Crippen molar-refractivity contribution >= 4 is 56.3 Å². The molecule has 6 nitrogen and oxygen atoms in total. The Kier molecular flexibility index (Phi) is 6.40. The molecule has 1 N–H and O–H groups in total. The summed E-state index contributed by atoms with van der Waals surface area (Å²) in [7, 11) is 0. The molecule has 0 unspecified atom stereocenters. The Morgan fingerprint density at radius 1 is 0.917 bits per heavy atom. The summed E-state index contributed by atoms with van der Waals surface area (Å²) in [6.45, 7) is 2.09. The minimum atomic E-state index is -0.780. The predicted octanol–water partition coefficient (Wildman–Crippen LogP) is 6.16. The molecule has 5 rings (SSSR count). The second-order valence-electron chi connectivity index (χ2n) is 8.35. The van der Waals surface area contributed by atoms with Crippen LogP contribution >= 0.6 is 15.9 Å². The van der Waals surface area contributed by atoms with Crippen LogP contribution in [0.1, 0.15) is 16.7 Å². The molecule has 0 atom stereocenters. The molecule has 36 heavy (non-hydrogen) atoms. The van der Waals surface area contributed by atoms with E-state index in [0.717, 1.165) is 31.3 Å². The van der Waals surface area contributed by atoms with Gasteiger partial charge in [-0.3, -0.25) is 14.9 Å². The van der Waals surface area contributed by atoms with Crippen LogP contribution in [-0.2, 0) is 16.2 Å². The standard InChI is InChI=1S/C29H21BrN2O4/c1-18-7-2-5-12-25(18)32-28(34)24(27(33)31-29(32)35)16-21-15-22(30)13-14-26(21)36-17-20-10-6-9-19-8-3-4-11-23(19)20/h2-16H,17H2,1H3,(H,31,33,35)/b24-16+. The molecule has 4 aromatic carbocycles. The lowest BCUT2D eigenvalue weighted by Crippen LogP contribution is -2.54. The van der Waals surface area contributed by atoms with Crippen LogP contribution in [-0.4, -0.2) is 17.8 Å². The monoisotopic (exact) mass is 540 g/mol. The third-order valence-corrected chi connectivity index (χ3v) is 6.49. The highest BCUT2D eigenvalue weighted by atomic mass is 79.9. The number of urea groups is 1. The maximum absolute atomic E-state index is 13.3. The molecule has 1 aliphatic heterocycles. The molecule has 0 saturated carbocycles. The number of barbiturate groups is 1. The van der Waals surface area contributed by atoms with Crippen LogP contribution in [0.4, 0.5) is 10.5 Å². The second kappa shape index (κ2) is 9.79. The van der Waals surface area contributed by atoms with Gasteiger partial charge in [0.1, 0.15) is 17.9 Å². The molecule has 0 spiro atoms. The van der Waals surface area contributed by atoms with Crippen LogP contribution in [0.5, 0.6) is 5.75 Å². The first-order valence-electron chi connectivity index (χ1n) is 11.3. The van der Waals surface area contributed by atoms with Gasteiger partial charge in [0.05, 0.1) is 5.69 Å². The average Bonchev–Trinajstić information content (AvgIpc) is 2.87. The summed E-state index contributed by atoms with van der Waals surface area (Å²) in [5, 5.41) is 4.48. The largest absolute Gasteiger partial charge is 0.488 e. The molecule has 1 heterocycles. The van der Waals surface area contributed by atoms with Crippen LogP contribution in [0.15, 0.2) is 95.0 Å². The van der Waals surface area contributed by atoms with Crippen molar-refractivity contribution in [3.63, 3.8) is 0 Å². The highest BCUT2D eigenvalue weighted by molar-refractivity contribution is 9.10. The molecule has 0 aliphatic carbocycles. The van der Waals surface area contributed by atoms with Crippen molar-refractivity contribution in [1.29, 1.82) is 0 Å². The van der Waals surface area contributed by atoms with Crippen molar-refractivity contribution in [3.05, 3.63) is 112 Å². The van der Waals surface area contributed by atoms with E-state index < -0.39 is 17.8 Å². The fourth-order valence-electron chi connectivity index (χ4n) is 4.18. The van der Waals surface area contributed by atoms with E-state index in [4.69, 9.17) is 4.74 Å². The number of aryl methyl sites for hydroxylation is 1. The van der Waals surface area contributed by atoms with Crippen molar-refractivity contribution in [3.8, 4) is 5.75 Å². The zero-order valence-corrected chi connectivity index (χ0v) is 20.9. The average molecular weight is 541 g/mol. The number of fused-ring (bicyclic) bond motifs is 1. The number of halogens is 1. The quantitative estimate of drug-likeness (QED) is 0.243. The van der Waals surface area contributed by atoms with E-state index >= 15 is 0 Å². The zero-order chi connectivity index (χ0) is 25.2. The lowest BCUT2D eigenvalue weighted by molar-refractivity contribution is -0.122. The van der Waals surface area contributed by atoms with Gasteiger partial charge in [-0.15, -0.1) is 0 Å². The fourth-order valence-corrected chi connectivity index (χ4v) is 4.56. The number of anilines is 1. The van der Waals surface area contributed by atoms with E-state index in [0.29, 0.717) is 23.6 Å². The van der Waals surface area contributed by atoms with Crippen molar-refractivity contribution < 1.29 is 19.1 Å². The van der Waals surface area contributed by atoms with Gasteiger partial charge in [0.2, 0.25) is 0 Å². The van der Waals surface area contributed by atoms with E-state index in [1.165, 1.54) is 6.08 Å². The molecule has 1 aliphatic rings. The Morgan fingerprint density at radius 3 is 2.50 bits per heavy atom. The highest BCUT2D eigenvalue weighted by Crippen LogP contribution is 2.30. The third kappa shape index (κ3) is 4.53. The summed E-state index contributed by atoms with van der Waals surface area (Å²) in [5.41, 5.74) is 2.53. The second-order valence-corrected chi connectivity index (χ2v) is 9.27. The normalized spacial score (nSPS) is 14.9. The van der Waals surface area contributed by atoms with Crippen LogP contribution < -0.4 is 15.0 Å². The summed E-state index contributed by atoms with van der Waals surface area (Å²) >= 11 is 3.45. The number of benzene rings is 4. The maximum atomic E-state index is 13.3. The summed E-state index contributed by atoms with van der Waals surface area (Å²) in [6, 6.07) is 25.7. The van der Waals surface area contributed by atoms with Gasteiger partial charge in [0, 0.05) is 10.0 Å². The Hall–Kier alpha value is -4.23. The van der Waals surface area contributed by atoms with Crippen molar-refractivity contribution in [1.82, 2.24) is 5.32 Å². The first-order valence-corrected chi connectivity index (χ1v) is 12.1. The molecule has 0 radical (unpaired) electrons. The van der Waals surface area contributed by atoms with E-state index in [-0.39, 0.29) is 5.57 Å². The number of nitrogens with zero attached hydrogens (tertiary/aromatic N) is 1. The molecule has 4 amide bonds. The smallest absolute Gasteiger partial charge is 0.335 e. The molecule has 0 aromatic heterocycles. The number of nitrogens with one attached hydrogen (secondary N) is 1. The lowest BCUT2D eigenvalue weighted by atomic mass is 10.0. The van der Waals surface area contributed by atoms with Gasteiger partial charge in [-0.25, -0.2) is 9.69 Å². The topological polar surface area (TPSA) is 75.7 Å².